The summed E-state index contributed by atoms with van der Waals surface area (Å²) in [5, 5.41) is 10.6. The monoisotopic (exact) mass is 215 g/mol. The molecule has 0 aromatic carbocycles. The van der Waals surface area contributed by atoms with E-state index in [0.29, 0.717) is 19.1 Å². The van der Waals surface area contributed by atoms with E-state index < -0.39 is 5.60 Å². The van der Waals surface area contributed by atoms with E-state index in [9.17, 15) is 5.11 Å². The quantitative estimate of drug-likeness (QED) is 0.748. The van der Waals surface area contributed by atoms with Crippen molar-refractivity contribution in [3.63, 3.8) is 0 Å². The molecule has 90 valence electrons. The van der Waals surface area contributed by atoms with Gasteiger partial charge in [-0.1, -0.05) is 20.8 Å². The van der Waals surface area contributed by atoms with Gasteiger partial charge < -0.3 is 15.6 Å². The van der Waals surface area contributed by atoms with Gasteiger partial charge in [-0.2, -0.15) is 0 Å². The molecular weight excluding hydrogens is 190 g/mol. The number of ether oxygens (including phenoxy) is 1. The summed E-state index contributed by atoms with van der Waals surface area (Å²) in [6.07, 6.45) is 2.59. The molecule has 3 nitrogen and oxygen atoms in total. The van der Waals surface area contributed by atoms with Crippen LogP contribution in [0.25, 0.3) is 0 Å². The zero-order valence-electron chi connectivity index (χ0n) is 10.2. The molecule has 15 heavy (non-hydrogen) atoms. The second-order valence-corrected chi connectivity index (χ2v) is 5.05. The van der Waals surface area contributed by atoms with Gasteiger partial charge in [0, 0.05) is 13.0 Å². The summed E-state index contributed by atoms with van der Waals surface area (Å²) in [5.41, 5.74) is 5.12. The predicted octanol–water partition coefficient (Wildman–Crippen LogP) is 1.54. The SMILES string of the molecule is CCC(CN)C1(O)CCOC(C(C)C)C1. The van der Waals surface area contributed by atoms with E-state index in [0.717, 1.165) is 19.3 Å². The van der Waals surface area contributed by atoms with Crippen LogP contribution in [-0.4, -0.2) is 30.0 Å². The molecule has 3 atom stereocenters. The first-order valence-corrected chi connectivity index (χ1v) is 6.07. The maximum Gasteiger partial charge on any atom is 0.0734 e. The topological polar surface area (TPSA) is 55.5 Å². The summed E-state index contributed by atoms with van der Waals surface area (Å²) in [4.78, 5) is 0. The Kier molecular flexibility index (Phi) is 4.56. The molecule has 0 radical (unpaired) electrons. The Balaban J connectivity index is 2.66. The second-order valence-electron chi connectivity index (χ2n) is 5.05. The van der Waals surface area contributed by atoms with Gasteiger partial charge in [0.15, 0.2) is 0 Å². The molecule has 0 spiro atoms. The van der Waals surface area contributed by atoms with Crippen molar-refractivity contribution >= 4 is 0 Å². The first-order chi connectivity index (χ1) is 7.03. The fraction of sp³-hybridized carbons (Fsp3) is 1.00. The largest absolute Gasteiger partial charge is 0.389 e. The zero-order chi connectivity index (χ0) is 11.5. The van der Waals surface area contributed by atoms with Crippen molar-refractivity contribution in [1.82, 2.24) is 0 Å². The van der Waals surface area contributed by atoms with Crippen molar-refractivity contribution in [2.45, 2.75) is 51.7 Å². The highest BCUT2D eigenvalue weighted by Crippen LogP contribution is 2.35. The molecule has 1 saturated heterocycles. The Morgan fingerprint density at radius 2 is 2.20 bits per heavy atom. The van der Waals surface area contributed by atoms with Crippen LogP contribution >= 0.6 is 0 Å². The molecule has 0 aromatic rings. The zero-order valence-corrected chi connectivity index (χ0v) is 10.2. The van der Waals surface area contributed by atoms with Crippen LogP contribution in [0.2, 0.25) is 0 Å². The van der Waals surface area contributed by atoms with Gasteiger partial charge in [-0.15, -0.1) is 0 Å². The molecule has 3 unspecified atom stereocenters. The third kappa shape index (κ3) is 2.92. The molecule has 1 aliphatic heterocycles. The second kappa shape index (κ2) is 5.28. The lowest BCUT2D eigenvalue weighted by Crippen LogP contribution is -2.49. The summed E-state index contributed by atoms with van der Waals surface area (Å²) in [5.74, 6) is 0.676. The van der Waals surface area contributed by atoms with Crippen molar-refractivity contribution in [2.24, 2.45) is 17.6 Å². The minimum absolute atomic E-state index is 0.185. The fourth-order valence-electron chi connectivity index (χ4n) is 2.46. The van der Waals surface area contributed by atoms with Gasteiger partial charge in [-0.25, -0.2) is 0 Å². The number of hydrogen-bond donors (Lipinski definition) is 2. The third-order valence-corrected chi connectivity index (χ3v) is 3.70. The van der Waals surface area contributed by atoms with Gasteiger partial charge in [0.2, 0.25) is 0 Å². The molecule has 1 rings (SSSR count). The van der Waals surface area contributed by atoms with Crippen molar-refractivity contribution < 1.29 is 9.84 Å². The highest BCUT2D eigenvalue weighted by molar-refractivity contribution is 4.92. The molecule has 0 aliphatic carbocycles. The molecule has 3 N–H and O–H groups in total. The molecule has 0 saturated carbocycles. The first-order valence-electron chi connectivity index (χ1n) is 6.07. The molecule has 1 aliphatic rings. The minimum Gasteiger partial charge on any atom is -0.389 e. The van der Waals surface area contributed by atoms with E-state index in [2.05, 4.69) is 20.8 Å². The van der Waals surface area contributed by atoms with Gasteiger partial charge in [0.1, 0.15) is 0 Å². The lowest BCUT2D eigenvalue weighted by Gasteiger charge is -2.43. The van der Waals surface area contributed by atoms with Gasteiger partial charge in [-0.05, 0) is 31.2 Å². The minimum atomic E-state index is -0.601. The van der Waals surface area contributed by atoms with E-state index in [-0.39, 0.29) is 12.0 Å². The molecule has 0 aromatic heterocycles. The van der Waals surface area contributed by atoms with Crippen LogP contribution in [0.3, 0.4) is 0 Å². The molecule has 0 bridgehead atoms. The molecule has 0 amide bonds. The Bertz CT molecular complexity index is 192. The smallest absolute Gasteiger partial charge is 0.0734 e. The summed E-state index contributed by atoms with van der Waals surface area (Å²) in [7, 11) is 0. The van der Waals surface area contributed by atoms with E-state index in [1.807, 2.05) is 0 Å². The maximum absolute atomic E-state index is 10.6. The van der Waals surface area contributed by atoms with Gasteiger partial charge in [0.05, 0.1) is 11.7 Å². The summed E-state index contributed by atoms with van der Waals surface area (Å²) < 4.78 is 5.67. The highest BCUT2D eigenvalue weighted by atomic mass is 16.5. The average molecular weight is 215 g/mol. The predicted molar refractivity (Wildman–Crippen MR) is 61.6 cm³/mol. The van der Waals surface area contributed by atoms with Crippen LogP contribution in [0.5, 0.6) is 0 Å². The molecule has 3 heteroatoms. The lowest BCUT2D eigenvalue weighted by molar-refractivity contribution is -0.141. The van der Waals surface area contributed by atoms with E-state index in [1.54, 1.807) is 0 Å². The summed E-state index contributed by atoms with van der Waals surface area (Å²) in [6.45, 7) is 7.60. The maximum atomic E-state index is 10.6. The Hall–Kier alpha value is -0.120. The van der Waals surface area contributed by atoms with Crippen molar-refractivity contribution in [3.05, 3.63) is 0 Å². The lowest BCUT2D eigenvalue weighted by atomic mass is 9.76. The van der Waals surface area contributed by atoms with Gasteiger partial charge >= 0.3 is 0 Å². The van der Waals surface area contributed by atoms with E-state index in [4.69, 9.17) is 10.5 Å². The fourth-order valence-corrected chi connectivity index (χ4v) is 2.46. The molecular formula is C12H25NO2. The third-order valence-electron chi connectivity index (χ3n) is 3.70. The van der Waals surface area contributed by atoms with Crippen LogP contribution in [-0.2, 0) is 4.74 Å². The summed E-state index contributed by atoms with van der Waals surface area (Å²) >= 11 is 0. The standard InChI is InChI=1S/C12H25NO2/c1-4-10(8-13)12(14)5-6-15-11(7-12)9(2)3/h9-11,14H,4-8,13H2,1-3H3. The number of nitrogens with two attached hydrogens (primary N) is 1. The normalized spacial score (nSPS) is 34.4. The van der Waals surface area contributed by atoms with Gasteiger partial charge in [-0.3, -0.25) is 0 Å². The number of rotatable bonds is 4. The number of hydrogen-bond acceptors (Lipinski definition) is 3. The van der Waals surface area contributed by atoms with Crippen LogP contribution in [0, 0.1) is 11.8 Å². The average Bonchev–Trinajstić information content (AvgIpc) is 2.19. The highest BCUT2D eigenvalue weighted by Gasteiger charge is 2.40. The summed E-state index contributed by atoms with van der Waals surface area (Å²) in [6, 6.07) is 0. The van der Waals surface area contributed by atoms with Crippen molar-refractivity contribution in [2.75, 3.05) is 13.2 Å². The van der Waals surface area contributed by atoms with E-state index >= 15 is 0 Å². The van der Waals surface area contributed by atoms with E-state index in [1.165, 1.54) is 0 Å². The Morgan fingerprint density at radius 1 is 1.53 bits per heavy atom. The van der Waals surface area contributed by atoms with Crippen molar-refractivity contribution in [1.29, 1.82) is 0 Å². The first kappa shape index (κ1) is 12.9. The number of aliphatic hydroxyl groups is 1. The van der Waals surface area contributed by atoms with Crippen LogP contribution < -0.4 is 5.73 Å². The van der Waals surface area contributed by atoms with Crippen LogP contribution in [0.4, 0.5) is 0 Å². The van der Waals surface area contributed by atoms with Crippen LogP contribution in [0.1, 0.15) is 40.0 Å². The van der Waals surface area contributed by atoms with Gasteiger partial charge in [0.25, 0.3) is 0 Å². The molecule has 1 heterocycles. The van der Waals surface area contributed by atoms with Crippen LogP contribution in [0.15, 0.2) is 0 Å². The molecule has 1 fully saturated rings. The Labute approximate surface area is 93.0 Å². The van der Waals surface area contributed by atoms with Crippen molar-refractivity contribution in [3.8, 4) is 0 Å². The Morgan fingerprint density at radius 3 is 2.67 bits per heavy atom.